The van der Waals surface area contributed by atoms with Crippen LogP contribution in [0.25, 0.3) is 0 Å². The lowest BCUT2D eigenvalue weighted by Gasteiger charge is -2.19. The molecule has 0 heterocycles. The lowest BCUT2D eigenvalue weighted by Crippen LogP contribution is -2.42. The van der Waals surface area contributed by atoms with Crippen molar-refractivity contribution < 1.29 is 9.90 Å². The minimum Gasteiger partial charge on any atom is -0.395 e. The molecule has 0 aliphatic carbocycles. The van der Waals surface area contributed by atoms with Crippen LogP contribution in [0.15, 0.2) is 24.3 Å². The largest absolute Gasteiger partial charge is 0.395 e. The average Bonchev–Trinajstić information content (AvgIpc) is 2.35. The summed E-state index contributed by atoms with van der Waals surface area (Å²) >= 11 is 5.77. The van der Waals surface area contributed by atoms with Gasteiger partial charge >= 0.3 is 0 Å². The van der Waals surface area contributed by atoms with E-state index in [0.717, 1.165) is 6.42 Å². The second-order valence-electron chi connectivity index (χ2n) is 4.05. The Bertz CT molecular complexity index is 360. The van der Waals surface area contributed by atoms with Crippen molar-refractivity contribution in [3.05, 3.63) is 34.9 Å². The molecule has 1 aromatic rings. The van der Waals surface area contributed by atoms with Gasteiger partial charge in [-0.05, 0) is 37.6 Å². The molecule has 0 saturated carbocycles. The Balaban J connectivity index is 2.66. The molecule has 0 saturated heterocycles. The molecule has 1 rings (SSSR count). The Morgan fingerprint density at radius 1 is 1.41 bits per heavy atom. The number of nitrogens with one attached hydrogen (secondary N) is 1. The molecule has 0 radical (unpaired) electrons. The van der Waals surface area contributed by atoms with Gasteiger partial charge in [0.15, 0.2) is 5.78 Å². The third kappa shape index (κ3) is 4.11. The second kappa shape index (κ2) is 6.74. The fourth-order valence-electron chi connectivity index (χ4n) is 1.59. The monoisotopic (exact) mass is 255 g/mol. The van der Waals surface area contributed by atoms with Crippen molar-refractivity contribution in [2.45, 2.75) is 32.4 Å². The van der Waals surface area contributed by atoms with E-state index in [4.69, 9.17) is 16.7 Å². The first-order chi connectivity index (χ1) is 8.08. The molecular weight excluding hydrogens is 238 g/mol. The normalized spacial score (nSPS) is 14.4. The van der Waals surface area contributed by atoms with Crippen molar-refractivity contribution >= 4 is 17.4 Å². The number of Topliss-reactive ketones (excluding diaryl/α,β-unsaturated/α-hetero) is 1. The molecule has 2 unspecified atom stereocenters. The van der Waals surface area contributed by atoms with E-state index in [1.54, 1.807) is 31.2 Å². The van der Waals surface area contributed by atoms with Crippen molar-refractivity contribution in [2.24, 2.45) is 0 Å². The molecule has 0 aliphatic heterocycles. The van der Waals surface area contributed by atoms with Crippen molar-refractivity contribution in [1.29, 1.82) is 0 Å². The third-order valence-electron chi connectivity index (χ3n) is 2.72. The quantitative estimate of drug-likeness (QED) is 0.767. The smallest absolute Gasteiger partial charge is 0.179 e. The summed E-state index contributed by atoms with van der Waals surface area (Å²) in [6.45, 7) is 3.80. The van der Waals surface area contributed by atoms with Crippen LogP contribution in [-0.2, 0) is 0 Å². The van der Waals surface area contributed by atoms with Crippen LogP contribution in [0.1, 0.15) is 30.6 Å². The van der Waals surface area contributed by atoms with Crippen LogP contribution in [0.2, 0.25) is 5.02 Å². The van der Waals surface area contributed by atoms with Gasteiger partial charge in [-0.3, -0.25) is 4.79 Å². The number of halogens is 1. The summed E-state index contributed by atoms with van der Waals surface area (Å²) in [5.74, 6) is 0.00793. The number of aliphatic hydroxyl groups excluding tert-OH is 1. The van der Waals surface area contributed by atoms with Gasteiger partial charge in [-0.15, -0.1) is 0 Å². The zero-order valence-corrected chi connectivity index (χ0v) is 10.9. The van der Waals surface area contributed by atoms with Gasteiger partial charge in [-0.1, -0.05) is 18.5 Å². The van der Waals surface area contributed by atoms with Gasteiger partial charge in [-0.2, -0.15) is 0 Å². The van der Waals surface area contributed by atoms with Crippen molar-refractivity contribution in [2.75, 3.05) is 6.61 Å². The molecule has 0 fully saturated rings. The standard InChI is InChI=1S/C13H18ClNO2/c1-3-12(8-16)15-9(2)13(17)10-4-6-11(14)7-5-10/h4-7,9,12,15-16H,3,8H2,1-2H3. The lowest BCUT2D eigenvalue weighted by atomic mass is 10.0. The Morgan fingerprint density at radius 2 is 2.00 bits per heavy atom. The SMILES string of the molecule is CCC(CO)NC(C)C(=O)c1ccc(Cl)cc1. The highest BCUT2D eigenvalue weighted by molar-refractivity contribution is 6.30. The Labute approximate surface area is 107 Å². The average molecular weight is 256 g/mol. The van der Waals surface area contributed by atoms with E-state index in [2.05, 4.69) is 5.32 Å². The Hall–Kier alpha value is -0.900. The molecule has 17 heavy (non-hydrogen) atoms. The van der Waals surface area contributed by atoms with E-state index < -0.39 is 0 Å². The van der Waals surface area contributed by atoms with E-state index in [9.17, 15) is 4.79 Å². The van der Waals surface area contributed by atoms with Crippen LogP contribution in [0.3, 0.4) is 0 Å². The van der Waals surface area contributed by atoms with Gasteiger partial charge in [0, 0.05) is 16.6 Å². The molecule has 0 spiro atoms. The summed E-state index contributed by atoms with van der Waals surface area (Å²) < 4.78 is 0. The molecular formula is C13H18ClNO2. The van der Waals surface area contributed by atoms with Gasteiger partial charge in [0.05, 0.1) is 12.6 Å². The van der Waals surface area contributed by atoms with E-state index in [1.807, 2.05) is 6.92 Å². The summed E-state index contributed by atoms with van der Waals surface area (Å²) in [4.78, 5) is 12.0. The predicted octanol–water partition coefficient (Wildman–Crippen LogP) is 2.27. The number of benzene rings is 1. The van der Waals surface area contributed by atoms with Crippen molar-refractivity contribution in [3.8, 4) is 0 Å². The van der Waals surface area contributed by atoms with Gasteiger partial charge < -0.3 is 10.4 Å². The van der Waals surface area contributed by atoms with Gasteiger partial charge in [0.25, 0.3) is 0 Å². The number of hydrogen-bond donors (Lipinski definition) is 2. The molecule has 0 bridgehead atoms. The lowest BCUT2D eigenvalue weighted by molar-refractivity contribution is 0.0936. The first-order valence-corrected chi connectivity index (χ1v) is 6.13. The maximum absolute atomic E-state index is 12.0. The number of carbonyl (C=O) groups excluding carboxylic acids is 1. The first-order valence-electron chi connectivity index (χ1n) is 5.75. The van der Waals surface area contributed by atoms with E-state index in [0.29, 0.717) is 10.6 Å². The van der Waals surface area contributed by atoms with Crippen LogP contribution in [0.4, 0.5) is 0 Å². The summed E-state index contributed by atoms with van der Waals surface area (Å²) in [6, 6.07) is 6.47. The fourth-order valence-corrected chi connectivity index (χ4v) is 1.72. The highest BCUT2D eigenvalue weighted by Gasteiger charge is 2.17. The van der Waals surface area contributed by atoms with Crippen LogP contribution < -0.4 is 5.32 Å². The van der Waals surface area contributed by atoms with E-state index >= 15 is 0 Å². The minimum atomic E-state index is -0.312. The Morgan fingerprint density at radius 3 is 2.47 bits per heavy atom. The molecule has 2 N–H and O–H groups in total. The highest BCUT2D eigenvalue weighted by Crippen LogP contribution is 2.11. The predicted molar refractivity (Wildman–Crippen MR) is 69.5 cm³/mol. The van der Waals surface area contributed by atoms with Crippen molar-refractivity contribution in [3.63, 3.8) is 0 Å². The minimum absolute atomic E-state index is 0.00793. The Kier molecular flexibility index (Phi) is 5.62. The van der Waals surface area contributed by atoms with E-state index in [-0.39, 0.29) is 24.5 Å². The summed E-state index contributed by atoms with van der Waals surface area (Å²) in [5.41, 5.74) is 0.627. The summed E-state index contributed by atoms with van der Waals surface area (Å²) in [7, 11) is 0. The zero-order valence-electron chi connectivity index (χ0n) is 10.1. The fraction of sp³-hybridized carbons (Fsp3) is 0.462. The molecule has 0 amide bonds. The maximum Gasteiger partial charge on any atom is 0.179 e. The molecule has 2 atom stereocenters. The van der Waals surface area contributed by atoms with Gasteiger partial charge in [0.1, 0.15) is 0 Å². The molecule has 1 aromatic carbocycles. The van der Waals surface area contributed by atoms with Crippen LogP contribution in [0, 0.1) is 0 Å². The highest BCUT2D eigenvalue weighted by atomic mass is 35.5. The van der Waals surface area contributed by atoms with Gasteiger partial charge in [-0.25, -0.2) is 0 Å². The summed E-state index contributed by atoms with van der Waals surface area (Å²) in [5, 5.41) is 12.8. The molecule has 0 aliphatic rings. The third-order valence-corrected chi connectivity index (χ3v) is 2.97. The van der Waals surface area contributed by atoms with Gasteiger partial charge in [0.2, 0.25) is 0 Å². The first kappa shape index (κ1) is 14.2. The topological polar surface area (TPSA) is 49.3 Å². The van der Waals surface area contributed by atoms with Crippen LogP contribution in [0.5, 0.6) is 0 Å². The van der Waals surface area contributed by atoms with Crippen LogP contribution >= 0.6 is 11.6 Å². The molecule has 4 heteroatoms. The van der Waals surface area contributed by atoms with Crippen molar-refractivity contribution in [1.82, 2.24) is 5.32 Å². The number of carbonyl (C=O) groups is 1. The zero-order chi connectivity index (χ0) is 12.8. The van der Waals surface area contributed by atoms with Crippen LogP contribution in [-0.4, -0.2) is 29.6 Å². The number of ketones is 1. The second-order valence-corrected chi connectivity index (χ2v) is 4.48. The number of aliphatic hydroxyl groups is 1. The molecule has 0 aromatic heterocycles. The molecule has 94 valence electrons. The molecule has 3 nitrogen and oxygen atoms in total. The van der Waals surface area contributed by atoms with E-state index in [1.165, 1.54) is 0 Å². The number of hydrogen-bond acceptors (Lipinski definition) is 3. The maximum atomic E-state index is 12.0. The summed E-state index contributed by atoms with van der Waals surface area (Å²) in [6.07, 6.45) is 0.786. The number of rotatable bonds is 6.